The number of amides is 1. The number of aliphatic hydroxyl groups is 1. The molecule has 7 nitrogen and oxygen atoms in total. The largest absolute Gasteiger partial charge is 0.503 e. The van der Waals surface area contributed by atoms with E-state index in [0.29, 0.717) is 39.8 Å². The summed E-state index contributed by atoms with van der Waals surface area (Å²) < 4.78 is 16.7. The number of fused-ring (bicyclic) bond motifs is 1. The minimum absolute atomic E-state index is 0.0115. The van der Waals surface area contributed by atoms with E-state index in [2.05, 4.69) is 0 Å². The zero-order chi connectivity index (χ0) is 24.4. The van der Waals surface area contributed by atoms with E-state index in [-0.39, 0.29) is 24.5 Å². The first kappa shape index (κ1) is 23.9. The average molecular weight is 484 g/mol. The Labute approximate surface area is 202 Å². The van der Waals surface area contributed by atoms with Gasteiger partial charge in [-0.1, -0.05) is 37.6 Å². The number of hydrogen-bond donors (Lipinski definition) is 1. The fourth-order valence-electron chi connectivity index (χ4n) is 3.95. The van der Waals surface area contributed by atoms with Crippen LogP contribution in [0.1, 0.15) is 36.0 Å². The highest BCUT2D eigenvalue weighted by atomic mass is 35.5. The second kappa shape index (κ2) is 9.91. The van der Waals surface area contributed by atoms with Gasteiger partial charge in [-0.3, -0.25) is 9.59 Å². The first-order valence-electron chi connectivity index (χ1n) is 11.0. The summed E-state index contributed by atoms with van der Waals surface area (Å²) in [6.07, 6.45) is 0. The van der Waals surface area contributed by atoms with Crippen molar-refractivity contribution in [2.24, 2.45) is 5.92 Å². The third kappa shape index (κ3) is 4.67. The molecule has 0 saturated heterocycles. The number of Topliss-reactive ketones (excluding diaryl/α,β-unsaturated/α-hetero) is 1. The third-order valence-electron chi connectivity index (χ3n) is 5.54. The number of ether oxygens (including phenoxy) is 2. The first-order valence-corrected chi connectivity index (χ1v) is 11.4. The Morgan fingerprint density at radius 3 is 2.74 bits per heavy atom. The lowest BCUT2D eigenvalue weighted by Crippen LogP contribution is -2.34. The fraction of sp³-hybridized carbons (Fsp3) is 0.308. The maximum absolute atomic E-state index is 13.6. The zero-order valence-electron chi connectivity index (χ0n) is 19.2. The first-order chi connectivity index (χ1) is 16.3. The number of hydrogen-bond acceptors (Lipinski definition) is 6. The Hall–Kier alpha value is -3.29. The fourth-order valence-corrected chi connectivity index (χ4v) is 4.13. The van der Waals surface area contributed by atoms with Crippen molar-refractivity contribution in [1.82, 2.24) is 4.90 Å². The van der Waals surface area contributed by atoms with Crippen LogP contribution >= 0.6 is 11.6 Å². The minimum atomic E-state index is -0.824. The zero-order valence-corrected chi connectivity index (χ0v) is 20.0. The highest BCUT2D eigenvalue weighted by Gasteiger charge is 2.44. The summed E-state index contributed by atoms with van der Waals surface area (Å²) >= 11 is 6.06. The van der Waals surface area contributed by atoms with Gasteiger partial charge in [0.25, 0.3) is 5.91 Å². The van der Waals surface area contributed by atoms with Crippen molar-refractivity contribution in [2.75, 3.05) is 26.9 Å². The van der Waals surface area contributed by atoms with E-state index >= 15 is 0 Å². The van der Waals surface area contributed by atoms with Crippen LogP contribution in [0.5, 0.6) is 5.75 Å². The molecule has 2 heterocycles. The van der Waals surface area contributed by atoms with Gasteiger partial charge < -0.3 is 23.9 Å². The quantitative estimate of drug-likeness (QED) is 0.413. The van der Waals surface area contributed by atoms with Crippen molar-refractivity contribution in [3.63, 3.8) is 0 Å². The number of nitrogens with zero attached hydrogens (tertiary/aromatic N) is 1. The molecular weight excluding hydrogens is 458 g/mol. The van der Waals surface area contributed by atoms with Crippen LogP contribution in [0.25, 0.3) is 11.0 Å². The smallest absolute Gasteiger partial charge is 0.290 e. The molecule has 3 aromatic rings. The van der Waals surface area contributed by atoms with Crippen LogP contribution < -0.4 is 4.74 Å². The molecule has 0 spiro atoms. The van der Waals surface area contributed by atoms with E-state index in [4.69, 9.17) is 25.5 Å². The summed E-state index contributed by atoms with van der Waals surface area (Å²) in [6, 6.07) is 12.9. The molecular formula is C26H26ClNO6. The van der Waals surface area contributed by atoms with Gasteiger partial charge in [-0.15, -0.1) is 0 Å². The number of aliphatic hydroxyl groups excluding tert-OH is 1. The van der Waals surface area contributed by atoms with E-state index in [1.165, 1.54) is 12.0 Å². The van der Waals surface area contributed by atoms with Gasteiger partial charge in [0.15, 0.2) is 11.5 Å². The topological polar surface area (TPSA) is 89.2 Å². The summed E-state index contributed by atoms with van der Waals surface area (Å²) in [6.45, 7) is 5.04. The lowest BCUT2D eigenvalue weighted by atomic mass is 9.95. The van der Waals surface area contributed by atoms with E-state index in [9.17, 15) is 14.7 Å². The standard InChI is InChI=1S/C26H26ClNO6/c1-15(2)14-33-19-6-4-5-16(12-19)23-22(25(30)26(31)28(23)9-10-32-3)24(29)21-13-17-11-18(27)7-8-20(17)34-21/h4-8,11-13,15,23,30H,9-10,14H2,1-3H3. The molecule has 4 rings (SSSR count). The van der Waals surface area contributed by atoms with Crippen molar-refractivity contribution >= 4 is 34.3 Å². The molecule has 34 heavy (non-hydrogen) atoms. The number of methoxy groups -OCH3 is 1. The Bertz CT molecular complexity index is 1260. The number of carbonyl (C=O) groups excluding carboxylic acids is 2. The SMILES string of the molecule is COCCN1C(=O)C(O)=C(C(=O)c2cc3cc(Cl)ccc3o2)C1c1cccc(OCC(C)C)c1. The molecule has 178 valence electrons. The van der Waals surface area contributed by atoms with Crippen LogP contribution in [0.3, 0.4) is 0 Å². The number of ketones is 1. The van der Waals surface area contributed by atoms with Crippen molar-refractivity contribution < 1.29 is 28.6 Å². The normalized spacial score (nSPS) is 16.2. The van der Waals surface area contributed by atoms with E-state index in [0.717, 1.165) is 0 Å². The molecule has 1 atom stereocenters. The molecule has 0 fully saturated rings. The van der Waals surface area contributed by atoms with Crippen LogP contribution in [-0.4, -0.2) is 48.6 Å². The third-order valence-corrected chi connectivity index (χ3v) is 5.78. The molecule has 1 N–H and O–H groups in total. The Morgan fingerprint density at radius 2 is 2.00 bits per heavy atom. The molecule has 2 aromatic carbocycles. The minimum Gasteiger partial charge on any atom is -0.503 e. The van der Waals surface area contributed by atoms with Crippen LogP contribution in [0.4, 0.5) is 0 Å². The number of carbonyl (C=O) groups is 2. The second-order valence-electron chi connectivity index (χ2n) is 8.56. The molecule has 1 amide bonds. The summed E-state index contributed by atoms with van der Waals surface area (Å²) in [7, 11) is 1.52. The van der Waals surface area contributed by atoms with Gasteiger partial charge in [-0.25, -0.2) is 0 Å². The Morgan fingerprint density at radius 1 is 1.21 bits per heavy atom. The Kier molecular flexibility index (Phi) is 6.95. The van der Waals surface area contributed by atoms with Crippen LogP contribution in [0, 0.1) is 5.92 Å². The predicted molar refractivity (Wildman–Crippen MR) is 128 cm³/mol. The van der Waals surface area contributed by atoms with Crippen molar-refractivity contribution in [1.29, 1.82) is 0 Å². The summed E-state index contributed by atoms with van der Waals surface area (Å²) in [5.74, 6) is -0.857. The van der Waals surface area contributed by atoms with E-state index < -0.39 is 23.5 Å². The molecule has 0 aliphatic carbocycles. The molecule has 0 saturated carbocycles. The summed E-state index contributed by atoms with van der Waals surface area (Å²) in [5.41, 5.74) is 1.07. The van der Waals surface area contributed by atoms with Gasteiger partial charge in [0.2, 0.25) is 5.78 Å². The predicted octanol–water partition coefficient (Wildman–Crippen LogP) is 5.35. The molecule has 1 unspecified atom stereocenters. The van der Waals surface area contributed by atoms with Gasteiger partial charge in [0, 0.05) is 24.1 Å². The lowest BCUT2D eigenvalue weighted by Gasteiger charge is -2.26. The van der Waals surface area contributed by atoms with E-state index in [1.54, 1.807) is 42.5 Å². The summed E-state index contributed by atoms with van der Waals surface area (Å²) in [5, 5.41) is 11.9. The maximum Gasteiger partial charge on any atom is 0.290 e. The van der Waals surface area contributed by atoms with Gasteiger partial charge >= 0.3 is 0 Å². The molecule has 0 bridgehead atoms. The summed E-state index contributed by atoms with van der Waals surface area (Å²) in [4.78, 5) is 28.0. The Balaban J connectivity index is 1.76. The van der Waals surface area contributed by atoms with Crippen molar-refractivity contribution in [2.45, 2.75) is 19.9 Å². The number of halogens is 1. The van der Waals surface area contributed by atoms with Crippen molar-refractivity contribution in [3.8, 4) is 5.75 Å². The molecule has 1 aliphatic heterocycles. The van der Waals surface area contributed by atoms with Crippen molar-refractivity contribution in [3.05, 3.63) is 76.2 Å². The van der Waals surface area contributed by atoms with Gasteiger partial charge in [0.05, 0.1) is 24.8 Å². The van der Waals surface area contributed by atoms with E-state index in [1.807, 2.05) is 19.9 Å². The lowest BCUT2D eigenvalue weighted by molar-refractivity contribution is -0.130. The molecule has 8 heteroatoms. The van der Waals surface area contributed by atoms with Crippen LogP contribution in [0.15, 0.2) is 64.3 Å². The number of furan rings is 1. The average Bonchev–Trinajstić information content (AvgIpc) is 3.34. The molecule has 0 radical (unpaired) electrons. The maximum atomic E-state index is 13.6. The highest BCUT2D eigenvalue weighted by molar-refractivity contribution is 6.31. The van der Waals surface area contributed by atoms with Crippen LogP contribution in [0.2, 0.25) is 5.02 Å². The van der Waals surface area contributed by atoms with Crippen LogP contribution in [-0.2, 0) is 9.53 Å². The van der Waals surface area contributed by atoms with Gasteiger partial charge in [-0.2, -0.15) is 0 Å². The highest BCUT2D eigenvalue weighted by Crippen LogP contribution is 2.40. The molecule has 1 aliphatic rings. The monoisotopic (exact) mass is 483 g/mol. The van der Waals surface area contributed by atoms with Gasteiger partial charge in [-0.05, 0) is 47.9 Å². The second-order valence-corrected chi connectivity index (χ2v) is 8.99. The molecule has 1 aromatic heterocycles. The number of benzene rings is 2. The van der Waals surface area contributed by atoms with Gasteiger partial charge in [0.1, 0.15) is 11.3 Å². The number of rotatable bonds is 9.